The lowest BCUT2D eigenvalue weighted by atomic mass is 10.1. The van der Waals surface area contributed by atoms with Crippen molar-refractivity contribution in [3.05, 3.63) is 23.5 Å². The van der Waals surface area contributed by atoms with Gasteiger partial charge in [0.2, 0.25) is 0 Å². The van der Waals surface area contributed by atoms with Gasteiger partial charge in [-0.05, 0) is 6.42 Å². The lowest BCUT2D eigenvalue weighted by Gasteiger charge is -2.15. The fourth-order valence-electron chi connectivity index (χ4n) is 1.78. The molecule has 1 unspecified atom stereocenters. The molecular formula is C11H15F3N4OS. The van der Waals surface area contributed by atoms with Gasteiger partial charge >= 0.3 is 6.18 Å². The average Bonchev–Trinajstić information content (AvgIpc) is 2.92. The summed E-state index contributed by atoms with van der Waals surface area (Å²) in [6.45, 7) is -1.24. The molecule has 0 bridgehead atoms. The Labute approximate surface area is 117 Å². The number of rotatable bonds is 7. The Morgan fingerprint density at radius 3 is 2.95 bits per heavy atom. The smallest absolute Gasteiger partial charge is 0.372 e. The maximum Gasteiger partial charge on any atom is 0.411 e. The molecule has 2 rings (SSSR count). The molecular weight excluding hydrogens is 293 g/mol. The normalized spacial score (nSPS) is 14.0. The number of hydrogen-bond acceptors (Lipinski definition) is 5. The molecule has 0 saturated carbocycles. The van der Waals surface area contributed by atoms with Gasteiger partial charge in [-0.15, -0.1) is 11.3 Å². The van der Waals surface area contributed by atoms with E-state index in [1.54, 1.807) is 0 Å². The molecule has 0 amide bonds. The monoisotopic (exact) mass is 308 g/mol. The summed E-state index contributed by atoms with van der Waals surface area (Å²) in [6.07, 6.45) is 0.415. The molecule has 1 atom stereocenters. The molecule has 2 aromatic rings. The van der Waals surface area contributed by atoms with Crippen LogP contribution in [0.3, 0.4) is 0 Å². The fourth-order valence-corrected chi connectivity index (χ4v) is 2.50. The molecule has 2 heterocycles. The molecule has 3 N–H and O–H groups in total. The second-order valence-corrected chi connectivity index (χ2v) is 5.22. The molecule has 0 aliphatic heterocycles. The molecule has 0 saturated heterocycles. The van der Waals surface area contributed by atoms with Crippen molar-refractivity contribution in [1.29, 1.82) is 0 Å². The van der Waals surface area contributed by atoms with Crippen LogP contribution in [0.2, 0.25) is 0 Å². The van der Waals surface area contributed by atoms with Crippen molar-refractivity contribution in [3.8, 4) is 0 Å². The van der Waals surface area contributed by atoms with Gasteiger partial charge in [0.25, 0.3) is 0 Å². The number of nitrogens with zero attached hydrogens (tertiary/aromatic N) is 2. The van der Waals surface area contributed by atoms with E-state index in [4.69, 9.17) is 5.84 Å². The van der Waals surface area contributed by atoms with Crippen molar-refractivity contribution < 1.29 is 17.9 Å². The van der Waals surface area contributed by atoms with Crippen molar-refractivity contribution in [2.75, 3.05) is 13.2 Å². The summed E-state index contributed by atoms with van der Waals surface area (Å²) in [5.41, 5.74) is 3.42. The van der Waals surface area contributed by atoms with E-state index in [2.05, 4.69) is 15.1 Å². The van der Waals surface area contributed by atoms with Gasteiger partial charge in [-0.1, -0.05) is 0 Å². The van der Waals surface area contributed by atoms with Crippen molar-refractivity contribution in [2.24, 2.45) is 5.84 Å². The van der Waals surface area contributed by atoms with Crippen LogP contribution in [0.5, 0.6) is 0 Å². The highest BCUT2D eigenvalue weighted by atomic mass is 32.1. The van der Waals surface area contributed by atoms with Gasteiger partial charge in [-0.2, -0.15) is 13.2 Å². The Balaban J connectivity index is 1.78. The second kappa shape index (κ2) is 6.53. The molecule has 0 spiro atoms. The first-order valence-electron chi connectivity index (χ1n) is 5.99. The minimum atomic E-state index is -4.29. The number of hydrogen-bond donors (Lipinski definition) is 2. The Hall–Kier alpha value is -1.16. The van der Waals surface area contributed by atoms with Crippen molar-refractivity contribution >= 4 is 16.3 Å². The highest BCUT2D eigenvalue weighted by Crippen LogP contribution is 2.15. The Morgan fingerprint density at radius 2 is 2.30 bits per heavy atom. The predicted octanol–water partition coefficient (Wildman–Crippen LogP) is 1.74. The summed E-state index contributed by atoms with van der Waals surface area (Å²) in [5.74, 6) is 5.40. The molecule has 0 radical (unpaired) electrons. The third-order valence-corrected chi connectivity index (χ3v) is 3.48. The molecule has 9 heteroatoms. The van der Waals surface area contributed by atoms with E-state index in [1.807, 2.05) is 22.2 Å². The van der Waals surface area contributed by atoms with Crippen LogP contribution in [-0.4, -0.2) is 34.8 Å². The lowest BCUT2D eigenvalue weighted by molar-refractivity contribution is -0.174. The van der Waals surface area contributed by atoms with Crippen LogP contribution in [0.25, 0.3) is 4.96 Å². The van der Waals surface area contributed by atoms with E-state index < -0.39 is 12.8 Å². The van der Waals surface area contributed by atoms with Crippen molar-refractivity contribution in [1.82, 2.24) is 14.8 Å². The molecule has 5 nitrogen and oxygen atoms in total. The molecule has 2 aromatic heterocycles. The van der Waals surface area contributed by atoms with Crippen LogP contribution in [0.1, 0.15) is 12.1 Å². The summed E-state index contributed by atoms with van der Waals surface area (Å²) in [6, 6.07) is -0.173. The quantitative estimate of drug-likeness (QED) is 0.464. The fraction of sp³-hybridized carbons (Fsp3) is 0.545. The van der Waals surface area contributed by atoms with Crippen LogP contribution >= 0.6 is 11.3 Å². The first-order valence-corrected chi connectivity index (χ1v) is 6.87. The zero-order valence-corrected chi connectivity index (χ0v) is 11.4. The van der Waals surface area contributed by atoms with E-state index in [1.165, 1.54) is 11.3 Å². The number of halogens is 3. The molecule has 0 aromatic carbocycles. The Kier molecular flexibility index (Phi) is 4.97. The Morgan fingerprint density at radius 1 is 1.50 bits per heavy atom. The van der Waals surface area contributed by atoms with E-state index >= 15 is 0 Å². The number of nitrogens with one attached hydrogen (secondary N) is 1. The van der Waals surface area contributed by atoms with Crippen LogP contribution in [0.4, 0.5) is 13.2 Å². The lowest BCUT2D eigenvalue weighted by Crippen LogP contribution is -2.38. The second-order valence-electron chi connectivity index (χ2n) is 4.35. The maximum atomic E-state index is 11.9. The first kappa shape index (κ1) is 15.2. The predicted molar refractivity (Wildman–Crippen MR) is 69.4 cm³/mol. The van der Waals surface area contributed by atoms with Gasteiger partial charge in [0, 0.05) is 36.8 Å². The van der Waals surface area contributed by atoms with E-state index in [9.17, 15) is 13.2 Å². The van der Waals surface area contributed by atoms with E-state index in [0.717, 1.165) is 10.7 Å². The third-order valence-electron chi connectivity index (χ3n) is 2.71. The highest BCUT2D eigenvalue weighted by Gasteiger charge is 2.27. The van der Waals surface area contributed by atoms with E-state index in [-0.39, 0.29) is 12.6 Å². The SMILES string of the molecule is NNC(CCOCC(F)(F)F)Cc1cn2ccsc2n1. The van der Waals surface area contributed by atoms with Crippen molar-refractivity contribution in [3.63, 3.8) is 0 Å². The zero-order valence-electron chi connectivity index (χ0n) is 10.6. The summed E-state index contributed by atoms with van der Waals surface area (Å²) < 4.78 is 42.2. The molecule has 0 aliphatic carbocycles. The van der Waals surface area contributed by atoms with Gasteiger partial charge in [0.15, 0.2) is 4.96 Å². The number of fused-ring (bicyclic) bond motifs is 1. The number of ether oxygens (including phenoxy) is 1. The largest absolute Gasteiger partial charge is 0.411 e. The summed E-state index contributed by atoms with van der Waals surface area (Å²) in [7, 11) is 0. The molecule has 112 valence electrons. The standard InChI is InChI=1S/C11H15F3N4OS/c12-11(13,14)7-19-3-1-8(17-15)5-9-6-18-2-4-20-10(18)16-9/h2,4,6,8,17H,1,3,5,7,15H2. The summed E-state index contributed by atoms with van der Waals surface area (Å²) >= 11 is 1.52. The van der Waals surface area contributed by atoms with Gasteiger partial charge in [0.05, 0.1) is 5.69 Å². The highest BCUT2D eigenvalue weighted by molar-refractivity contribution is 7.15. The van der Waals surface area contributed by atoms with Gasteiger partial charge in [-0.25, -0.2) is 4.98 Å². The minimum absolute atomic E-state index is 0.00338. The maximum absolute atomic E-state index is 11.9. The molecule has 0 fully saturated rings. The summed E-state index contributed by atoms with van der Waals surface area (Å²) in [5, 5.41) is 1.93. The van der Waals surface area contributed by atoms with Gasteiger partial charge < -0.3 is 4.74 Å². The van der Waals surface area contributed by atoms with Crippen LogP contribution in [0.15, 0.2) is 17.8 Å². The third kappa shape index (κ3) is 4.44. The molecule has 0 aliphatic rings. The first-order chi connectivity index (χ1) is 9.48. The van der Waals surface area contributed by atoms with Crippen LogP contribution in [0, 0.1) is 0 Å². The molecule has 20 heavy (non-hydrogen) atoms. The van der Waals surface area contributed by atoms with Gasteiger partial charge in [-0.3, -0.25) is 15.7 Å². The number of alkyl halides is 3. The number of aromatic nitrogens is 2. The van der Waals surface area contributed by atoms with Crippen LogP contribution in [-0.2, 0) is 11.2 Å². The van der Waals surface area contributed by atoms with Gasteiger partial charge in [0.1, 0.15) is 6.61 Å². The number of imidazole rings is 1. The summed E-state index contributed by atoms with van der Waals surface area (Å²) in [4.78, 5) is 5.27. The number of thiazole rings is 1. The van der Waals surface area contributed by atoms with Crippen LogP contribution < -0.4 is 11.3 Å². The zero-order chi connectivity index (χ0) is 14.6. The van der Waals surface area contributed by atoms with E-state index in [0.29, 0.717) is 12.8 Å². The minimum Gasteiger partial charge on any atom is -0.372 e. The van der Waals surface area contributed by atoms with Crippen molar-refractivity contribution in [2.45, 2.75) is 25.1 Å². The number of nitrogens with two attached hydrogens (primary N) is 1. The Bertz CT molecular complexity index is 510. The average molecular weight is 308 g/mol. The topological polar surface area (TPSA) is 64.6 Å². The number of hydrazine groups is 1.